The Hall–Kier alpha value is -3.50. The van der Waals surface area contributed by atoms with Crippen LogP contribution in [0, 0.1) is 11.8 Å². The lowest BCUT2D eigenvalue weighted by molar-refractivity contribution is -0.166. The number of esters is 1. The van der Waals surface area contributed by atoms with E-state index in [1.807, 2.05) is 31.2 Å². The van der Waals surface area contributed by atoms with Crippen LogP contribution in [0.5, 0.6) is 0 Å². The van der Waals surface area contributed by atoms with Crippen molar-refractivity contribution in [2.24, 2.45) is 11.8 Å². The van der Waals surface area contributed by atoms with Crippen LogP contribution in [0.2, 0.25) is 0 Å². The lowest BCUT2D eigenvalue weighted by Gasteiger charge is -2.35. The zero-order valence-electron chi connectivity index (χ0n) is 25.9. The van der Waals surface area contributed by atoms with Crippen molar-refractivity contribution < 1.29 is 28.7 Å². The molecular weight excluding hydrogens is 536 g/mol. The molecule has 42 heavy (non-hydrogen) atoms. The lowest BCUT2D eigenvalue weighted by Crippen LogP contribution is -2.61. The molecule has 232 valence electrons. The highest BCUT2D eigenvalue weighted by Crippen LogP contribution is 2.19. The van der Waals surface area contributed by atoms with Gasteiger partial charge in [-0.2, -0.15) is 0 Å². The van der Waals surface area contributed by atoms with Gasteiger partial charge in [0, 0.05) is 13.7 Å². The smallest absolute Gasteiger partial charge is 0.312 e. The van der Waals surface area contributed by atoms with Crippen LogP contribution in [0.25, 0.3) is 6.08 Å². The van der Waals surface area contributed by atoms with Crippen LogP contribution in [-0.2, 0) is 28.7 Å². The van der Waals surface area contributed by atoms with E-state index in [0.29, 0.717) is 32.2 Å². The predicted octanol–water partition coefficient (Wildman–Crippen LogP) is 3.69. The number of nitrogens with one attached hydrogen (secondary N) is 3. The summed E-state index contributed by atoms with van der Waals surface area (Å²) in [7, 11) is 1.53. The van der Waals surface area contributed by atoms with Crippen molar-refractivity contribution >= 4 is 29.8 Å². The summed E-state index contributed by atoms with van der Waals surface area (Å²) in [6.07, 6.45) is 4.51. The third kappa shape index (κ3) is 9.80. The molecule has 0 aromatic heterocycles. The van der Waals surface area contributed by atoms with Crippen LogP contribution >= 0.6 is 0 Å². The Morgan fingerprint density at radius 1 is 1.12 bits per heavy atom. The number of methoxy groups -OCH3 is 1. The second kappa shape index (κ2) is 16.8. The molecule has 0 bridgehead atoms. The van der Waals surface area contributed by atoms with Crippen LogP contribution in [0.15, 0.2) is 43.5 Å². The third-order valence-corrected chi connectivity index (χ3v) is 7.50. The van der Waals surface area contributed by atoms with Crippen LogP contribution in [-0.4, -0.2) is 66.6 Å². The predicted molar refractivity (Wildman–Crippen MR) is 163 cm³/mol. The summed E-state index contributed by atoms with van der Waals surface area (Å²) >= 11 is 0. The van der Waals surface area contributed by atoms with E-state index < -0.39 is 41.9 Å². The van der Waals surface area contributed by atoms with E-state index in [-0.39, 0.29) is 24.0 Å². The van der Waals surface area contributed by atoms with E-state index in [1.165, 1.54) is 12.1 Å². The number of hydrogen-bond acceptors (Lipinski definition) is 7. The van der Waals surface area contributed by atoms with Crippen molar-refractivity contribution in [1.29, 1.82) is 0 Å². The minimum absolute atomic E-state index is 0.218. The largest absolute Gasteiger partial charge is 0.452 e. The molecule has 6 unspecified atom stereocenters. The van der Waals surface area contributed by atoms with Gasteiger partial charge in [-0.15, -0.1) is 6.58 Å². The van der Waals surface area contributed by atoms with Gasteiger partial charge in [0.1, 0.15) is 12.1 Å². The summed E-state index contributed by atoms with van der Waals surface area (Å²) in [5.74, 6) is -2.63. The molecule has 0 aliphatic carbocycles. The van der Waals surface area contributed by atoms with Gasteiger partial charge in [-0.25, -0.2) is 5.43 Å². The van der Waals surface area contributed by atoms with Crippen molar-refractivity contribution in [1.82, 2.24) is 21.1 Å². The molecule has 1 aliphatic heterocycles. The fourth-order valence-corrected chi connectivity index (χ4v) is 4.81. The number of benzene rings is 1. The quantitative estimate of drug-likeness (QED) is 0.212. The normalized spacial score (nSPS) is 18.6. The number of carbonyl (C=O) groups excluding carboxylic acids is 4. The van der Waals surface area contributed by atoms with Crippen molar-refractivity contribution in [2.45, 2.75) is 90.6 Å². The van der Waals surface area contributed by atoms with Gasteiger partial charge in [-0.05, 0) is 69.6 Å². The molecule has 0 spiro atoms. The van der Waals surface area contributed by atoms with Crippen molar-refractivity contribution in [3.05, 3.63) is 54.6 Å². The van der Waals surface area contributed by atoms with Gasteiger partial charge >= 0.3 is 5.97 Å². The highest BCUT2D eigenvalue weighted by molar-refractivity contribution is 5.91. The van der Waals surface area contributed by atoms with Crippen LogP contribution in [0.4, 0.5) is 0 Å². The highest BCUT2D eigenvalue weighted by atomic mass is 16.6. The number of ether oxygens (including phenoxy) is 2. The number of hydrazine groups is 1. The van der Waals surface area contributed by atoms with Gasteiger partial charge in [0.05, 0.1) is 18.1 Å². The first-order valence-electron chi connectivity index (χ1n) is 14.7. The molecule has 2 rings (SSSR count). The Kier molecular flexibility index (Phi) is 13.9. The number of rotatable bonds is 15. The Bertz CT molecular complexity index is 1110. The summed E-state index contributed by atoms with van der Waals surface area (Å²) in [6, 6.07) is 6.01. The second-order valence-corrected chi connectivity index (χ2v) is 11.2. The van der Waals surface area contributed by atoms with Crippen molar-refractivity contribution in [3.8, 4) is 0 Å². The molecule has 3 amide bonds. The maximum absolute atomic E-state index is 13.2. The molecule has 1 heterocycles. The molecule has 1 aromatic carbocycles. The van der Waals surface area contributed by atoms with E-state index in [0.717, 1.165) is 11.1 Å². The molecule has 10 nitrogen and oxygen atoms in total. The number of hydrogen-bond donors (Lipinski definition) is 3. The first-order valence-corrected chi connectivity index (χ1v) is 14.7. The van der Waals surface area contributed by atoms with E-state index in [9.17, 15) is 19.2 Å². The lowest BCUT2D eigenvalue weighted by atomic mass is 9.99. The first-order chi connectivity index (χ1) is 19.9. The Morgan fingerprint density at radius 2 is 1.83 bits per heavy atom. The fourth-order valence-electron chi connectivity index (χ4n) is 4.81. The molecule has 3 N–H and O–H groups in total. The fraction of sp³-hybridized carbons (Fsp3) is 0.562. The zero-order valence-corrected chi connectivity index (χ0v) is 25.9. The topological polar surface area (TPSA) is 126 Å². The summed E-state index contributed by atoms with van der Waals surface area (Å²) in [6.45, 7) is 16.6. The van der Waals surface area contributed by atoms with Gasteiger partial charge in [0.25, 0.3) is 11.8 Å². The molecule has 10 heteroatoms. The van der Waals surface area contributed by atoms with Crippen LogP contribution in [0.1, 0.15) is 77.5 Å². The highest BCUT2D eigenvalue weighted by Gasteiger charge is 2.35. The molecule has 1 aromatic rings. The van der Waals surface area contributed by atoms with Gasteiger partial charge in [0.15, 0.2) is 6.10 Å². The van der Waals surface area contributed by atoms with E-state index in [1.54, 1.807) is 39.8 Å². The number of nitrogens with zero attached hydrogens (tertiary/aromatic N) is 1. The summed E-state index contributed by atoms with van der Waals surface area (Å²) in [4.78, 5) is 52.3. The van der Waals surface area contributed by atoms with Crippen molar-refractivity contribution in [2.75, 3.05) is 13.7 Å². The minimum atomic E-state index is -1.08. The molecule has 1 aliphatic rings. The Morgan fingerprint density at radius 3 is 2.45 bits per heavy atom. The molecule has 0 radical (unpaired) electrons. The Labute approximate surface area is 250 Å². The monoisotopic (exact) mass is 584 g/mol. The SMILES string of the molecule is C=CCCC(OC)C(C)C(=O)OC(C(=O)NC(C)C(=O)N1CCCC(C(=O)NC(C)c2cccc(C=C)c2)N1)C(C)C. The minimum Gasteiger partial charge on any atom is -0.452 e. The van der Waals surface area contributed by atoms with Crippen LogP contribution in [0.3, 0.4) is 0 Å². The number of carbonyl (C=O) groups is 4. The Balaban J connectivity index is 1.97. The third-order valence-electron chi connectivity index (χ3n) is 7.50. The van der Waals surface area contributed by atoms with Crippen LogP contribution < -0.4 is 16.1 Å². The summed E-state index contributed by atoms with van der Waals surface area (Å²) in [5, 5.41) is 7.08. The van der Waals surface area contributed by atoms with Gasteiger partial charge in [-0.1, -0.05) is 50.8 Å². The zero-order chi connectivity index (χ0) is 31.4. The van der Waals surface area contributed by atoms with Gasteiger partial charge in [0.2, 0.25) is 5.91 Å². The van der Waals surface area contributed by atoms with E-state index >= 15 is 0 Å². The maximum atomic E-state index is 13.2. The van der Waals surface area contributed by atoms with E-state index in [4.69, 9.17) is 9.47 Å². The molecular formula is C32H48N4O6. The van der Waals surface area contributed by atoms with Gasteiger partial charge in [-0.3, -0.25) is 24.2 Å². The first kappa shape index (κ1) is 34.7. The number of amides is 3. The second-order valence-electron chi connectivity index (χ2n) is 11.2. The molecule has 1 saturated heterocycles. The number of allylic oxidation sites excluding steroid dienone is 1. The molecule has 0 saturated carbocycles. The standard InChI is InChI=1S/C32H48N4O6/c1-9-11-17-27(41-8)21(5)32(40)42-28(20(3)4)30(38)34-23(7)31(39)36-18-13-16-26(35-36)29(37)33-22(6)25-15-12-14-24(10-2)19-25/h9-10,12,14-15,19-23,26-28,35H,1-2,11,13,16-18H2,3-8H3,(H,33,37)(H,34,38). The maximum Gasteiger partial charge on any atom is 0.312 e. The summed E-state index contributed by atoms with van der Waals surface area (Å²) < 4.78 is 11.0. The molecule has 6 atom stereocenters. The molecule has 1 fully saturated rings. The van der Waals surface area contributed by atoms with Gasteiger partial charge < -0.3 is 20.1 Å². The average Bonchev–Trinajstić information content (AvgIpc) is 2.99. The average molecular weight is 585 g/mol. The summed E-state index contributed by atoms with van der Waals surface area (Å²) in [5.41, 5.74) is 4.93. The van der Waals surface area contributed by atoms with E-state index in [2.05, 4.69) is 29.2 Å². The van der Waals surface area contributed by atoms with Crippen molar-refractivity contribution in [3.63, 3.8) is 0 Å².